The lowest BCUT2D eigenvalue weighted by Gasteiger charge is -2.37. The summed E-state index contributed by atoms with van der Waals surface area (Å²) >= 11 is 7.22. The van der Waals surface area contributed by atoms with Gasteiger partial charge in [0.05, 0.1) is 23.6 Å². The Morgan fingerprint density at radius 3 is 2.84 bits per heavy atom. The third-order valence-corrected chi connectivity index (χ3v) is 6.46. The fourth-order valence-electron chi connectivity index (χ4n) is 3.67. The zero-order chi connectivity index (χ0) is 22.7. The number of nitrogens with zero attached hydrogens (tertiary/aromatic N) is 3. The molecular weight excluding hydrogens is 448 g/mol. The monoisotopic (exact) mass is 472 g/mol. The van der Waals surface area contributed by atoms with Gasteiger partial charge in [0.25, 0.3) is 5.89 Å². The van der Waals surface area contributed by atoms with Crippen LogP contribution in [0.4, 0.5) is 0 Å². The van der Waals surface area contributed by atoms with Gasteiger partial charge in [0.2, 0.25) is 5.82 Å². The van der Waals surface area contributed by atoms with Crippen LogP contribution in [-0.4, -0.2) is 52.6 Å². The van der Waals surface area contributed by atoms with E-state index in [1.807, 2.05) is 35.4 Å². The molecule has 0 amide bonds. The van der Waals surface area contributed by atoms with E-state index >= 15 is 0 Å². The lowest BCUT2D eigenvalue weighted by Crippen LogP contribution is -2.46. The minimum Gasteiger partial charge on any atom is -0.504 e. The molecule has 0 aliphatic carbocycles. The molecule has 1 aliphatic rings. The first-order valence-electron chi connectivity index (χ1n) is 10.1. The Kier molecular flexibility index (Phi) is 6.73. The maximum atomic E-state index is 10.4. The molecule has 4 rings (SSSR count). The molecule has 2 N–H and O–H groups in total. The van der Waals surface area contributed by atoms with E-state index in [9.17, 15) is 5.11 Å². The normalized spacial score (nSPS) is 16.4. The minimum atomic E-state index is -0.380. The number of aromatic nitrogens is 2. The molecule has 8 nitrogen and oxygen atoms in total. The summed E-state index contributed by atoms with van der Waals surface area (Å²) in [6.45, 7) is 3.29. The summed E-state index contributed by atoms with van der Waals surface area (Å²) in [5.41, 5.74) is 2.51. The zero-order valence-corrected chi connectivity index (χ0v) is 19.6. The number of phenolic OH excluding ortho intramolecular Hbond substituents is 1. The van der Waals surface area contributed by atoms with Gasteiger partial charge in [-0.2, -0.15) is 4.98 Å². The Balaban J connectivity index is 1.78. The molecule has 1 unspecified atom stereocenters. The number of ether oxygens (including phenoxy) is 2. The fourth-order valence-corrected chi connectivity index (χ4v) is 4.67. The maximum Gasteiger partial charge on any atom is 0.258 e. The van der Waals surface area contributed by atoms with Crippen molar-refractivity contribution in [2.24, 2.45) is 0 Å². The zero-order valence-electron chi connectivity index (χ0n) is 18.0. The van der Waals surface area contributed by atoms with Gasteiger partial charge >= 0.3 is 0 Å². The molecule has 0 radical (unpaired) electrons. The third kappa shape index (κ3) is 4.34. The summed E-state index contributed by atoms with van der Waals surface area (Å²) in [4.78, 5) is 7.60. The van der Waals surface area contributed by atoms with E-state index in [4.69, 9.17) is 26.2 Å². The fraction of sp³-hybridized carbons (Fsp3) is 0.318. The Bertz CT molecular complexity index is 1130. The van der Waals surface area contributed by atoms with Crippen molar-refractivity contribution in [1.82, 2.24) is 20.4 Å². The first-order valence-corrected chi connectivity index (χ1v) is 11.3. The van der Waals surface area contributed by atoms with Gasteiger partial charge in [-0.25, -0.2) is 0 Å². The molecule has 3 aromatic rings. The summed E-state index contributed by atoms with van der Waals surface area (Å²) in [6, 6.07) is 8.77. The molecule has 168 valence electrons. The first-order chi connectivity index (χ1) is 15.5. The molecule has 0 bridgehead atoms. The highest BCUT2D eigenvalue weighted by atomic mass is 32.1. The van der Waals surface area contributed by atoms with Gasteiger partial charge < -0.3 is 29.3 Å². The van der Waals surface area contributed by atoms with Crippen LogP contribution in [0.25, 0.3) is 16.3 Å². The number of thiocarbonyl (C=S) groups is 1. The highest BCUT2D eigenvalue weighted by molar-refractivity contribution is 7.80. The van der Waals surface area contributed by atoms with E-state index in [2.05, 4.69) is 15.5 Å². The van der Waals surface area contributed by atoms with E-state index in [0.717, 1.165) is 28.1 Å². The van der Waals surface area contributed by atoms with Crippen molar-refractivity contribution in [2.75, 3.05) is 27.4 Å². The summed E-state index contributed by atoms with van der Waals surface area (Å²) < 4.78 is 16.1. The smallest absolute Gasteiger partial charge is 0.258 e. The van der Waals surface area contributed by atoms with Crippen molar-refractivity contribution in [1.29, 1.82) is 0 Å². The Hall–Kier alpha value is -2.95. The molecule has 3 heterocycles. The predicted molar refractivity (Wildman–Crippen MR) is 127 cm³/mol. The van der Waals surface area contributed by atoms with Crippen molar-refractivity contribution < 1.29 is 19.1 Å². The van der Waals surface area contributed by atoms with Crippen molar-refractivity contribution in [2.45, 2.75) is 19.4 Å². The van der Waals surface area contributed by atoms with E-state index in [-0.39, 0.29) is 11.8 Å². The number of hydrogen-bond donors (Lipinski definition) is 2. The van der Waals surface area contributed by atoms with Crippen molar-refractivity contribution >= 4 is 34.2 Å². The van der Waals surface area contributed by atoms with Crippen LogP contribution in [0, 0.1) is 0 Å². The number of rotatable bonds is 8. The van der Waals surface area contributed by atoms with E-state index in [1.165, 1.54) is 7.11 Å². The number of thiophene rings is 1. The first kappa shape index (κ1) is 22.3. The molecule has 0 saturated carbocycles. The number of methoxy groups -OCH3 is 2. The topological polar surface area (TPSA) is 92.9 Å². The van der Waals surface area contributed by atoms with Crippen LogP contribution in [0.1, 0.15) is 30.8 Å². The molecule has 0 fully saturated rings. The molecule has 32 heavy (non-hydrogen) atoms. The average molecular weight is 473 g/mol. The summed E-state index contributed by atoms with van der Waals surface area (Å²) in [5.74, 6) is 1.37. The van der Waals surface area contributed by atoms with E-state index in [0.29, 0.717) is 35.7 Å². The molecule has 10 heteroatoms. The number of aromatic hydroxyl groups is 1. The Morgan fingerprint density at radius 1 is 1.31 bits per heavy atom. The highest BCUT2D eigenvalue weighted by Gasteiger charge is 2.34. The van der Waals surface area contributed by atoms with Gasteiger partial charge in [0, 0.05) is 26.0 Å². The molecule has 0 spiro atoms. The van der Waals surface area contributed by atoms with E-state index in [1.54, 1.807) is 30.6 Å². The molecule has 0 saturated heterocycles. The van der Waals surface area contributed by atoms with Crippen LogP contribution in [0.5, 0.6) is 11.5 Å². The van der Waals surface area contributed by atoms with Crippen LogP contribution in [-0.2, 0) is 4.74 Å². The van der Waals surface area contributed by atoms with E-state index < -0.39 is 0 Å². The molecule has 1 atom stereocenters. The number of benzene rings is 1. The standard InChI is InChI=1S/C22H24N4O4S2/c1-13-18(21-24-20(25-30-21)17-6-4-11-32-17)19(14-7-8-16(29-3)15(27)12-14)23-22(31)26(13)9-5-10-28-2/h4,6-8,11-12,19,27H,5,9-10H2,1-3H3,(H,23,31). The maximum absolute atomic E-state index is 10.4. The largest absolute Gasteiger partial charge is 0.504 e. The van der Waals surface area contributed by atoms with Crippen LogP contribution in [0.15, 0.2) is 45.9 Å². The lowest BCUT2D eigenvalue weighted by molar-refractivity contribution is 0.188. The van der Waals surface area contributed by atoms with Crippen LogP contribution >= 0.6 is 23.6 Å². The van der Waals surface area contributed by atoms with Crippen molar-refractivity contribution in [3.8, 4) is 22.2 Å². The summed E-state index contributed by atoms with van der Waals surface area (Å²) in [7, 11) is 3.19. The number of phenols is 1. The summed E-state index contributed by atoms with van der Waals surface area (Å²) in [6.07, 6.45) is 0.807. The Morgan fingerprint density at radius 2 is 2.16 bits per heavy atom. The average Bonchev–Trinajstić information content (AvgIpc) is 3.47. The van der Waals surface area contributed by atoms with Crippen LogP contribution < -0.4 is 10.1 Å². The highest BCUT2D eigenvalue weighted by Crippen LogP contribution is 2.40. The second kappa shape index (κ2) is 9.68. The second-order valence-electron chi connectivity index (χ2n) is 7.21. The Labute approximate surface area is 195 Å². The van der Waals surface area contributed by atoms with Crippen LogP contribution in [0.2, 0.25) is 0 Å². The number of nitrogens with one attached hydrogen (secondary N) is 1. The number of allylic oxidation sites excluding steroid dienone is 1. The lowest BCUT2D eigenvalue weighted by atomic mass is 9.94. The van der Waals surface area contributed by atoms with Crippen LogP contribution in [0.3, 0.4) is 0 Å². The summed E-state index contributed by atoms with van der Waals surface area (Å²) in [5, 5.41) is 20.5. The molecular formula is C22H24N4O4S2. The number of hydrogen-bond acceptors (Lipinski definition) is 8. The molecule has 1 aromatic carbocycles. The van der Waals surface area contributed by atoms with Crippen molar-refractivity contribution in [3.63, 3.8) is 0 Å². The minimum absolute atomic E-state index is 0.0436. The molecule has 1 aliphatic heterocycles. The predicted octanol–water partition coefficient (Wildman–Crippen LogP) is 4.21. The van der Waals surface area contributed by atoms with Gasteiger partial charge in [-0.1, -0.05) is 17.3 Å². The second-order valence-corrected chi connectivity index (χ2v) is 8.55. The van der Waals surface area contributed by atoms with Gasteiger partial charge in [-0.15, -0.1) is 11.3 Å². The van der Waals surface area contributed by atoms with Gasteiger partial charge in [-0.3, -0.25) is 0 Å². The SMILES string of the molecule is COCCCN1C(=S)NC(c2ccc(OC)c(O)c2)C(c2nc(-c3cccs3)no2)=C1C. The third-order valence-electron chi connectivity index (χ3n) is 5.26. The molecule has 2 aromatic heterocycles. The van der Waals surface area contributed by atoms with Gasteiger partial charge in [-0.05, 0) is 54.7 Å². The van der Waals surface area contributed by atoms with Gasteiger partial charge in [0.15, 0.2) is 16.6 Å². The quantitative estimate of drug-likeness (QED) is 0.369. The van der Waals surface area contributed by atoms with Crippen molar-refractivity contribution in [3.05, 3.63) is 52.9 Å². The van der Waals surface area contributed by atoms with Gasteiger partial charge in [0.1, 0.15) is 0 Å².